The van der Waals surface area contributed by atoms with Gasteiger partial charge in [0.05, 0.1) is 18.2 Å². The zero-order valence-corrected chi connectivity index (χ0v) is 16.4. The van der Waals surface area contributed by atoms with Crippen molar-refractivity contribution >= 4 is 23.6 Å². The number of anilines is 2. The van der Waals surface area contributed by atoms with Gasteiger partial charge in [-0.15, -0.1) is 0 Å². The Kier molecular flexibility index (Phi) is 5.65. The summed E-state index contributed by atoms with van der Waals surface area (Å²) in [5, 5.41) is 3.30. The van der Waals surface area contributed by atoms with Crippen molar-refractivity contribution in [3.8, 4) is 0 Å². The molecule has 7 heteroatoms. The van der Waals surface area contributed by atoms with E-state index in [1.54, 1.807) is 30.9 Å². The van der Waals surface area contributed by atoms with Crippen molar-refractivity contribution in [3.05, 3.63) is 72.1 Å². The van der Waals surface area contributed by atoms with Gasteiger partial charge in [0.15, 0.2) is 0 Å². The zero-order chi connectivity index (χ0) is 20.1. The molecule has 1 aliphatic rings. The molecule has 29 heavy (non-hydrogen) atoms. The fourth-order valence-corrected chi connectivity index (χ4v) is 3.58. The number of aryl methyl sites for hydroxylation is 1. The molecule has 0 saturated carbocycles. The van der Waals surface area contributed by atoms with Crippen LogP contribution < -0.4 is 5.32 Å². The summed E-state index contributed by atoms with van der Waals surface area (Å²) in [6, 6.07) is 8.03. The normalized spacial score (nSPS) is 16.9. The summed E-state index contributed by atoms with van der Waals surface area (Å²) in [6.45, 7) is 3.50. The zero-order valence-electron chi connectivity index (χ0n) is 16.4. The lowest BCUT2D eigenvalue weighted by atomic mass is 9.91. The Hall–Kier alpha value is -3.48. The Morgan fingerprint density at radius 3 is 3.07 bits per heavy atom. The van der Waals surface area contributed by atoms with Crippen LogP contribution in [0.1, 0.15) is 35.6 Å². The van der Waals surface area contributed by atoms with Crippen LogP contribution in [0.4, 0.5) is 11.6 Å². The molecule has 4 heterocycles. The van der Waals surface area contributed by atoms with Gasteiger partial charge in [-0.3, -0.25) is 4.79 Å². The molecule has 1 aliphatic heterocycles. The SMILES string of the molecule is Cc1cccnc1Nc1cc([C@H]2CCCN(C(=O)/C=C/c3cnc[nH]3)C2)ccn1. The minimum Gasteiger partial charge on any atom is -0.345 e. The molecule has 0 aliphatic carbocycles. The lowest BCUT2D eigenvalue weighted by Crippen LogP contribution is -2.38. The van der Waals surface area contributed by atoms with Crippen LogP contribution in [0.2, 0.25) is 0 Å². The number of pyridine rings is 2. The fraction of sp³-hybridized carbons (Fsp3) is 0.273. The summed E-state index contributed by atoms with van der Waals surface area (Å²) in [5.41, 5.74) is 3.07. The number of aromatic nitrogens is 4. The first-order valence-corrected chi connectivity index (χ1v) is 9.79. The third kappa shape index (κ3) is 4.68. The molecule has 4 rings (SSSR count). The summed E-state index contributed by atoms with van der Waals surface area (Å²) in [5.74, 6) is 1.90. The highest BCUT2D eigenvalue weighted by Crippen LogP contribution is 2.28. The summed E-state index contributed by atoms with van der Waals surface area (Å²) in [7, 11) is 0. The van der Waals surface area contributed by atoms with E-state index in [0.29, 0.717) is 12.5 Å². The minimum absolute atomic E-state index is 0.0285. The number of hydrogen-bond donors (Lipinski definition) is 2. The summed E-state index contributed by atoms with van der Waals surface area (Å²) in [4.78, 5) is 30.2. The van der Waals surface area contributed by atoms with Gasteiger partial charge >= 0.3 is 0 Å². The van der Waals surface area contributed by atoms with Crippen LogP contribution in [0, 0.1) is 6.92 Å². The van der Waals surface area contributed by atoms with Crippen LogP contribution in [-0.2, 0) is 4.79 Å². The van der Waals surface area contributed by atoms with Crippen molar-refractivity contribution in [2.75, 3.05) is 18.4 Å². The number of nitrogens with zero attached hydrogens (tertiary/aromatic N) is 4. The smallest absolute Gasteiger partial charge is 0.246 e. The average Bonchev–Trinajstić information content (AvgIpc) is 3.28. The van der Waals surface area contributed by atoms with Crippen molar-refractivity contribution < 1.29 is 4.79 Å². The highest BCUT2D eigenvalue weighted by atomic mass is 16.2. The fourth-order valence-electron chi connectivity index (χ4n) is 3.58. The van der Waals surface area contributed by atoms with Crippen LogP contribution in [0.3, 0.4) is 0 Å². The van der Waals surface area contributed by atoms with E-state index < -0.39 is 0 Å². The van der Waals surface area contributed by atoms with E-state index in [-0.39, 0.29) is 5.91 Å². The maximum atomic E-state index is 12.6. The number of imidazole rings is 1. The van der Waals surface area contributed by atoms with Crippen molar-refractivity contribution in [1.82, 2.24) is 24.8 Å². The van der Waals surface area contributed by atoms with Gasteiger partial charge < -0.3 is 15.2 Å². The number of rotatable bonds is 5. The maximum Gasteiger partial charge on any atom is 0.246 e. The molecule has 148 valence electrons. The van der Waals surface area contributed by atoms with Gasteiger partial charge in [0.1, 0.15) is 11.6 Å². The molecule has 1 atom stereocenters. The summed E-state index contributed by atoms with van der Waals surface area (Å²) < 4.78 is 0. The Morgan fingerprint density at radius 1 is 1.31 bits per heavy atom. The third-order valence-corrected chi connectivity index (χ3v) is 5.17. The van der Waals surface area contributed by atoms with E-state index in [0.717, 1.165) is 42.3 Å². The van der Waals surface area contributed by atoms with E-state index in [1.165, 1.54) is 5.56 Å². The molecule has 2 N–H and O–H groups in total. The molecule has 0 unspecified atom stereocenters. The highest BCUT2D eigenvalue weighted by Gasteiger charge is 2.24. The predicted molar refractivity (Wildman–Crippen MR) is 113 cm³/mol. The topological polar surface area (TPSA) is 86.8 Å². The Balaban J connectivity index is 1.44. The van der Waals surface area contributed by atoms with E-state index in [2.05, 4.69) is 31.3 Å². The lowest BCUT2D eigenvalue weighted by molar-refractivity contribution is -0.127. The Labute approximate surface area is 169 Å². The number of carbonyl (C=O) groups is 1. The van der Waals surface area contributed by atoms with E-state index in [4.69, 9.17) is 0 Å². The maximum absolute atomic E-state index is 12.6. The van der Waals surface area contributed by atoms with Gasteiger partial charge in [-0.1, -0.05) is 6.07 Å². The van der Waals surface area contributed by atoms with Crippen molar-refractivity contribution in [2.45, 2.75) is 25.7 Å². The van der Waals surface area contributed by atoms with E-state index in [1.807, 2.05) is 36.2 Å². The molecule has 0 bridgehead atoms. The number of carbonyl (C=O) groups excluding carboxylic acids is 1. The molecule has 1 fully saturated rings. The molecule has 3 aromatic heterocycles. The standard InChI is InChI=1S/C22H24N6O/c1-16-4-2-9-25-22(16)27-20-12-17(8-10-24-20)18-5-3-11-28(14-18)21(29)7-6-19-13-23-15-26-19/h2,4,6-10,12-13,15,18H,3,5,11,14H2,1H3,(H,23,26)(H,24,25,27)/b7-6+/t18-/m0/s1. The molecule has 1 amide bonds. The predicted octanol–water partition coefficient (Wildman–Crippen LogP) is 3.67. The van der Waals surface area contributed by atoms with Gasteiger partial charge in [0, 0.05) is 37.5 Å². The number of hydrogen-bond acceptors (Lipinski definition) is 5. The molecular weight excluding hydrogens is 364 g/mol. The van der Waals surface area contributed by atoms with Gasteiger partial charge in [-0.05, 0) is 55.2 Å². The van der Waals surface area contributed by atoms with Gasteiger partial charge in [0.2, 0.25) is 5.91 Å². The first-order chi connectivity index (χ1) is 14.2. The molecular formula is C22H24N6O. The summed E-state index contributed by atoms with van der Waals surface area (Å²) >= 11 is 0. The largest absolute Gasteiger partial charge is 0.345 e. The Morgan fingerprint density at radius 2 is 2.24 bits per heavy atom. The lowest BCUT2D eigenvalue weighted by Gasteiger charge is -2.32. The van der Waals surface area contributed by atoms with Crippen LogP contribution in [-0.4, -0.2) is 43.8 Å². The number of H-pyrrole nitrogens is 1. The molecule has 1 saturated heterocycles. The molecule has 3 aromatic rings. The van der Waals surface area contributed by atoms with E-state index in [9.17, 15) is 4.79 Å². The third-order valence-electron chi connectivity index (χ3n) is 5.17. The Bertz CT molecular complexity index is 998. The molecule has 0 spiro atoms. The highest BCUT2D eigenvalue weighted by molar-refractivity contribution is 5.91. The minimum atomic E-state index is 0.0285. The molecule has 0 radical (unpaired) electrons. The van der Waals surface area contributed by atoms with E-state index >= 15 is 0 Å². The second kappa shape index (κ2) is 8.68. The van der Waals surface area contributed by atoms with Crippen LogP contribution in [0.15, 0.2) is 55.3 Å². The molecule has 7 nitrogen and oxygen atoms in total. The number of amides is 1. The first-order valence-electron chi connectivity index (χ1n) is 9.79. The number of likely N-dealkylation sites (tertiary alicyclic amines) is 1. The first kappa shape index (κ1) is 18.9. The van der Waals surface area contributed by atoms with Crippen molar-refractivity contribution in [2.24, 2.45) is 0 Å². The number of aromatic amines is 1. The van der Waals surface area contributed by atoms with Crippen LogP contribution >= 0.6 is 0 Å². The number of nitrogens with one attached hydrogen (secondary N) is 2. The average molecular weight is 388 g/mol. The second-order valence-electron chi connectivity index (χ2n) is 7.23. The van der Waals surface area contributed by atoms with Crippen molar-refractivity contribution in [1.29, 1.82) is 0 Å². The van der Waals surface area contributed by atoms with Crippen LogP contribution in [0.5, 0.6) is 0 Å². The van der Waals surface area contributed by atoms with Crippen molar-refractivity contribution in [3.63, 3.8) is 0 Å². The monoisotopic (exact) mass is 388 g/mol. The summed E-state index contributed by atoms with van der Waals surface area (Å²) in [6.07, 6.45) is 12.3. The van der Waals surface area contributed by atoms with Gasteiger partial charge in [-0.2, -0.15) is 0 Å². The van der Waals surface area contributed by atoms with Crippen LogP contribution in [0.25, 0.3) is 6.08 Å². The van der Waals surface area contributed by atoms with Gasteiger partial charge in [-0.25, -0.2) is 15.0 Å². The van der Waals surface area contributed by atoms with Gasteiger partial charge in [0.25, 0.3) is 0 Å². The number of piperidine rings is 1. The second-order valence-corrected chi connectivity index (χ2v) is 7.23. The molecule has 0 aromatic carbocycles. The quantitative estimate of drug-likeness (QED) is 0.651.